The van der Waals surface area contributed by atoms with Gasteiger partial charge in [0.2, 0.25) is 0 Å². The molecule has 0 radical (unpaired) electrons. The lowest BCUT2D eigenvalue weighted by Gasteiger charge is -2.04. The number of nitrogens with one attached hydrogen (secondary N) is 2. The first kappa shape index (κ1) is 13.7. The first-order chi connectivity index (χ1) is 11.1. The van der Waals surface area contributed by atoms with E-state index in [4.69, 9.17) is 0 Å². The molecule has 0 aliphatic carbocycles. The van der Waals surface area contributed by atoms with E-state index in [1.54, 1.807) is 0 Å². The van der Waals surface area contributed by atoms with Gasteiger partial charge in [0.05, 0.1) is 11.0 Å². The van der Waals surface area contributed by atoms with Gasteiger partial charge in [0.15, 0.2) is 11.6 Å². The van der Waals surface area contributed by atoms with Gasteiger partial charge in [0.25, 0.3) is 0 Å². The smallest absolute Gasteiger partial charge is 0.161 e. The van der Waals surface area contributed by atoms with Crippen LogP contribution >= 0.6 is 0 Å². The maximum atomic E-state index is 13.3. The summed E-state index contributed by atoms with van der Waals surface area (Å²) >= 11 is 0. The summed E-state index contributed by atoms with van der Waals surface area (Å²) < 4.78 is 26.6. The van der Waals surface area contributed by atoms with E-state index in [2.05, 4.69) is 21.4 Å². The number of H-pyrrole nitrogens is 1. The molecule has 0 saturated carbocycles. The second-order valence-corrected chi connectivity index (χ2v) is 5.40. The molecule has 2 N–H and O–H groups in total. The molecule has 1 heterocycles. The minimum atomic E-state index is -0.895. The first-order valence-corrected chi connectivity index (χ1v) is 7.21. The zero-order valence-corrected chi connectivity index (χ0v) is 12.3. The van der Waals surface area contributed by atoms with Crippen molar-refractivity contribution < 1.29 is 8.78 Å². The van der Waals surface area contributed by atoms with Crippen molar-refractivity contribution in [2.45, 2.75) is 0 Å². The Kier molecular flexibility index (Phi) is 3.01. The molecule has 3 aromatic carbocycles. The van der Waals surface area contributed by atoms with Gasteiger partial charge in [-0.3, -0.25) is 0 Å². The highest BCUT2D eigenvalue weighted by atomic mass is 19.2. The van der Waals surface area contributed by atoms with Crippen molar-refractivity contribution in [2.24, 2.45) is 0 Å². The van der Waals surface area contributed by atoms with Gasteiger partial charge in [0.1, 0.15) is 5.82 Å². The van der Waals surface area contributed by atoms with E-state index in [0.29, 0.717) is 16.9 Å². The Morgan fingerprint density at radius 2 is 1.65 bits per heavy atom. The number of fused-ring (bicyclic) bond motifs is 2. The van der Waals surface area contributed by atoms with Crippen LogP contribution in [0.2, 0.25) is 0 Å². The Hall–Kier alpha value is -2.95. The van der Waals surface area contributed by atoms with E-state index >= 15 is 0 Å². The van der Waals surface area contributed by atoms with Gasteiger partial charge in [-0.25, -0.2) is 13.8 Å². The maximum absolute atomic E-state index is 13.3. The highest BCUT2D eigenvalue weighted by Gasteiger charge is 2.10. The number of aromatic amines is 1. The molecule has 4 rings (SSSR count). The SMILES string of the molecule is CNc1ccc2cc(-c3nc4cc(F)c(F)cc4[nH]3)ccc2c1. The van der Waals surface area contributed by atoms with Crippen molar-refractivity contribution in [3.05, 3.63) is 60.2 Å². The van der Waals surface area contributed by atoms with Crippen LogP contribution in [0.25, 0.3) is 33.2 Å². The van der Waals surface area contributed by atoms with Gasteiger partial charge in [-0.1, -0.05) is 18.2 Å². The third-order valence-electron chi connectivity index (χ3n) is 3.93. The number of aromatic nitrogens is 2. The fraction of sp³-hybridized carbons (Fsp3) is 0.0556. The monoisotopic (exact) mass is 309 g/mol. The van der Waals surface area contributed by atoms with Crippen LogP contribution in [0.3, 0.4) is 0 Å². The molecule has 1 aromatic heterocycles. The van der Waals surface area contributed by atoms with Crippen LogP contribution in [-0.4, -0.2) is 17.0 Å². The predicted molar refractivity (Wildman–Crippen MR) is 88.5 cm³/mol. The highest BCUT2D eigenvalue weighted by Crippen LogP contribution is 2.27. The summed E-state index contributed by atoms with van der Waals surface area (Å²) in [5.74, 6) is -1.19. The maximum Gasteiger partial charge on any atom is 0.161 e. The average molecular weight is 309 g/mol. The molecule has 114 valence electrons. The van der Waals surface area contributed by atoms with E-state index in [9.17, 15) is 8.78 Å². The summed E-state index contributed by atoms with van der Waals surface area (Å²) in [6, 6.07) is 14.2. The van der Waals surface area contributed by atoms with Crippen LogP contribution in [0.1, 0.15) is 0 Å². The second-order valence-electron chi connectivity index (χ2n) is 5.40. The van der Waals surface area contributed by atoms with Crippen molar-refractivity contribution in [3.63, 3.8) is 0 Å². The van der Waals surface area contributed by atoms with E-state index in [-0.39, 0.29) is 0 Å². The lowest BCUT2D eigenvalue weighted by Crippen LogP contribution is -1.87. The lowest BCUT2D eigenvalue weighted by molar-refractivity contribution is 0.510. The molecule has 0 saturated heterocycles. The number of halogens is 2. The van der Waals surface area contributed by atoms with Crippen LogP contribution in [0.15, 0.2) is 48.5 Å². The molecule has 0 atom stereocenters. The summed E-state index contributed by atoms with van der Waals surface area (Å²) in [6.07, 6.45) is 0. The van der Waals surface area contributed by atoms with Crippen molar-refractivity contribution in [2.75, 3.05) is 12.4 Å². The topological polar surface area (TPSA) is 40.7 Å². The fourth-order valence-electron chi connectivity index (χ4n) is 2.69. The number of benzene rings is 3. The largest absolute Gasteiger partial charge is 0.388 e. The Morgan fingerprint density at radius 3 is 2.48 bits per heavy atom. The van der Waals surface area contributed by atoms with Crippen LogP contribution < -0.4 is 5.32 Å². The Labute approximate surface area is 131 Å². The zero-order valence-electron chi connectivity index (χ0n) is 12.3. The molecular formula is C18H13F2N3. The van der Waals surface area contributed by atoms with E-state index in [0.717, 1.165) is 34.2 Å². The molecule has 0 unspecified atom stereocenters. The molecule has 5 heteroatoms. The number of rotatable bonds is 2. The van der Waals surface area contributed by atoms with Gasteiger partial charge in [-0.15, -0.1) is 0 Å². The zero-order chi connectivity index (χ0) is 16.0. The quantitative estimate of drug-likeness (QED) is 0.563. The Bertz CT molecular complexity index is 998. The minimum Gasteiger partial charge on any atom is -0.388 e. The van der Waals surface area contributed by atoms with Gasteiger partial charge in [-0.2, -0.15) is 0 Å². The van der Waals surface area contributed by atoms with Gasteiger partial charge < -0.3 is 10.3 Å². The third-order valence-corrected chi connectivity index (χ3v) is 3.93. The van der Waals surface area contributed by atoms with Crippen LogP contribution in [0.5, 0.6) is 0 Å². The minimum absolute atomic E-state index is 0.407. The molecule has 0 aliphatic rings. The number of hydrogen-bond acceptors (Lipinski definition) is 2. The molecular weight excluding hydrogens is 296 g/mol. The number of anilines is 1. The molecule has 3 nitrogen and oxygen atoms in total. The molecule has 0 bridgehead atoms. The number of hydrogen-bond donors (Lipinski definition) is 2. The third kappa shape index (κ3) is 2.30. The van der Waals surface area contributed by atoms with Crippen molar-refractivity contribution >= 4 is 27.5 Å². The molecule has 0 aliphatic heterocycles. The fourth-order valence-corrected chi connectivity index (χ4v) is 2.69. The van der Waals surface area contributed by atoms with Crippen molar-refractivity contribution in [1.29, 1.82) is 0 Å². The molecule has 4 aromatic rings. The summed E-state index contributed by atoms with van der Waals surface area (Å²) in [4.78, 5) is 7.39. The van der Waals surface area contributed by atoms with Gasteiger partial charge >= 0.3 is 0 Å². The van der Waals surface area contributed by atoms with Crippen LogP contribution in [0, 0.1) is 11.6 Å². The van der Waals surface area contributed by atoms with Crippen LogP contribution in [0.4, 0.5) is 14.5 Å². The van der Waals surface area contributed by atoms with Gasteiger partial charge in [0, 0.05) is 30.4 Å². The number of nitrogens with zero attached hydrogens (tertiary/aromatic N) is 1. The highest BCUT2D eigenvalue weighted by molar-refractivity contribution is 5.90. The summed E-state index contributed by atoms with van der Waals surface area (Å²) in [5, 5.41) is 5.28. The first-order valence-electron chi connectivity index (χ1n) is 7.21. The Morgan fingerprint density at radius 1 is 0.913 bits per heavy atom. The van der Waals surface area contributed by atoms with E-state index in [1.807, 2.05) is 37.4 Å². The van der Waals surface area contributed by atoms with Gasteiger partial charge in [-0.05, 0) is 29.0 Å². The normalized spacial score (nSPS) is 11.3. The standard InChI is InChI=1S/C18H13F2N3/c1-21-13-5-4-10-6-12(3-2-11(10)7-13)18-22-16-8-14(19)15(20)9-17(16)23-18/h2-9,21H,1H3,(H,22,23). The van der Waals surface area contributed by atoms with Crippen LogP contribution in [-0.2, 0) is 0 Å². The number of imidazole rings is 1. The second kappa shape index (κ2) is 5.05. The summed E-state index contributed by atoms with van der Waals surface area (Å²) in [5.41, 5.74) is 2.79. The molecule has 23 heavy (non-hydrogen) atoms. The van der Waals surface area contributed by atoms with Crippen molar-refractivity contribution in [3.8, 4) is 11.4 Å². The average Bonchev–Trinajstić information content (AvgIpc) is 2.97. The Balaban J connectivity index is 1.84. The van der Waals surface area contributed by atoms with E-state index in [1.165, 1.54) is 0 Å². The summed E-state index contributed by atoms with van der Waals surface area (Å²) in [6.45, 7) is 0. The molecule has 0 fully saturated rings. The molecule has 0 amide bonds. The lowest BCUT2D eigenvalue weighted by atomic mass is 10.1. The van der Waals surface area contributed by atoms with Crippen molar-refractivity contribution in [1.82, 2.24) is 9.97 Å². The molecule has 0 spiro atoms. The summed E-state index contributed by atoms with van der Waals surface area (Å²) in [7, 11) is 1.88. The predicted octanol–water partition coefficient (Wildman–Crippen LogP) is 4.70. The van der Waals surface area contributed by atoms with E-state index < -0.39 is 11.6 Å².